The van der Waals surface area contributed by atoms with Crippen LogP contribution in [0.4, 0.5) is 11.4 Å². The van der Waals surface area contributed by atoms with Crippen LogP contribution >= 0.6 is 7.82 Å². The third kappa shape index (κ3) is 14.3. The predicted octanol–water partition coefficient (Wildman–Crippen LogP) is 4.55. The van der Waals surface area contributed by atoms with Crippen LogP contribution in [0.15, 0.2) is 144 Å². The van der Waals surface area contributed by atoms with Crippen LogP contribution in [0.1, 0.15) is 28.7 Å². The molecule has 0 spiro atoms. The predicted molar refractivity (Wildman–Crippen MR) is 258 cm³/mol. The number of hydrogen-bond donors (Lipinski definition) is 8. The fraction of sp³-hybridized carbons (Fsp3) is 0.204. The molecule has 0 aliphatic heterocycles. The van der Waals surface area contributed by atoms with Crippen molar-refractivity contribution in [2.24, 2.45) is 0 Å². The molecular formula is C49H47N8O13P. The van der Waals surface area contributed by atoms with Crippen LogP contribution < -0.4 is 31.1 Å². The number of fused-ring (bicyclic) bond motifs is 2. The van der Waals surface area contributed by atoms with E-state index in [1.807, 2.05) is 42.5 Å². The number of benzene rings is 6. The number of carboxylic acids is 1. The summed E-state index contributed by atoms with van der Waals surface area (Å²) in [6.45, 7) is 0.00316. The largest absolute Gasteiger partial charge is 0.524 e. The van der Waals surface area contributed by atoms with Crippen molar-refractivity contribution in [1.82, 2.24) is 31.6 Å². The lowest BCUT2D eigenvalue weighted by Crippen LogP contribution is -2.59. The van der Waals surface area contributed by atoms with Gasteiger partial charge in [0.05, 0.1) is 10.6 Å². The van der Waals surface area contributed by atoms with Gasteiger partial charge in [-0.05, 0) is 61.5 Å². The highest BCUT2D eigenvalue weighted by molar-refractivity contribution is 7.46. The number of rotatable bonds is 23. The SMILES string of the molecule is O=C(CCNc1ccc([N+](=O)[O-])c2nonc12)NC(Cc1ccc2ccccc2c1)C(=O)NC(Cc1ccccc1)C(=O)NC(Cc1ccccc1)C(=O)NC(Cc1ccc(OP(=O)(O)O)cc1)C(=O)O. The lowest BCUT2D eigenvalue weighted by molar-refractivity contribution is -0.383. The number of hydrogen-bond acceptors (Lipinski definition) is 13. The van der Waals surface area contributed by atoms with E-state index in [0.29, 0.717) is 27.9 Å². The average Bonchev–Trinajstić information content (AvgIpc) is 3.84. The normalized spacial score (nSPS) is 13.0. The number of carbonyl (C=O) groups is 5. The van der Waals surface area contributed by atoms with Gasteiger partial charge in [0, 0.05) is 44.7 Å². The molecule has 0 radical (unpaired) electrons. The molecule has 4 amide bonds. The molecule has 0 bridgehead atoms. The lowest BCUT2D eigenvalue weighted by atomic mass is 9.99. The smallest absolute Gasteiger partial charge is 0.480 e. The summed E-state index contributed by atoms with van der Waals surface area (Å²) in [4.78, 5) is 98.5. The van der Waals surface area contributed by atoms with E-state index in [0.717, 1.165) is 10.8 Å². The lowest BCUT2D eigenvalue weighted by Gasteiger charge is -2.26. The number of nitrogens with one attached hydrogen (secondary N) is 5. The maximum Gasteiger partial charge on any atom is 0.524 e. The van der Waals surface area contributed by atoms with E-state index in [1.165, 1.54) is 36.4 Å². The third-order valence-electron chi connectivity index (χ3n) is 11.2. The van der Waals surface area contributed by atoms with Crippen LogP contribution in [-0.4, -0.2) is 90.4 Å². The zero-order chi connectivity index (χ0) is 50.5. The highest BCUT2D eigenvalue weighted by Crippen LogP contribution is 2.37. The Hall–Kier alpha value is -8.52. The number of non-ortho nitro benzene ring substituents is 1. The maximum absolute atomic E-state index is 14.6. The Labute approximate surface area is 404 Å². The van der Waals surface area contributed by atoms with E-state index in [2.05, 4.69) is 41.4 Å². The van der Waals surface area contributed by atoms with Crippen molar-refractivity contribution in [2.45, 2.75) is 56.3 Å². The molecule has 8 N–H and O–H groups in total. The number of amides is 4. The molecule has 7 aromatic rings. The van der Waals surface area contributed by atoms with Crippen molar-refractivity contribution in [1.29, 1.82) is 0 Å². The summed E-state index contributed by atoms with van der Waals surface area (Å²) in [6, 6.07) is 33.0. The number of carboxylic acid groups (broad SMARTS) is 1. The number of anilines is 1. The summed E-state index contributed by atoms with van der Waals surface area (Å²) >= 11 is 0. The molecule has 0 aliphatic carbocycles. The molecule has 22 heteroatoms. The molecule has 1 heterocycles. The van der Waals surface area contributed by atoms with Gasteiger partial charge >= 0.3 is 19.5 Å². The summed E-state index contributed by atoms with van der Waals surface area (Å²) in [5, 5.41) is 44.7. The van der Waals surface area contributed by atoms with Crippen LogP contribution in [0.3, 0.4) is 0 Å². The summed E-state index contributed by atoms with van der Waals surface area (Å²) in [6.07, 6.45) is -0.575. The van der Waals surface area contributed by atoms with Crippen LogP contribution in [0, 0.1) is 10.1 Å². The van der Waals surface area contributed by atoms with Gasteiger partial charge in [-0.15, -0.1) is 0 Å². The number of nitro benzene ring substituents is 1. The molecule has 21 nitrogen and oxygen atoms in total. The molecular weight excluding hydrogens is 940 g/mol. The van der Waals surface area contributed by atoms with Crippen molar-refractivity contribution in [3.05, 3.63) is 172 Å². The zero-order valence-electron chi connectivity index (χ0n) is 37.5. The summed E-state index contributed by atoms with van der Waals surface area (Å²) in [5.74, 6) is -4.50. The molecule has 4 atom stereocenters. The number of aliphatic carboxylic acids is 1. The second-order valence-corrected chi connectivity index (χ2v) is 17.5. The number of aromatic nitrogens is 2. The van der Waals surface area contributed by atoms with Gasteiger partial charge in [0.25, 0.3) is 0 Å². The van der Waals surface area contributed by atoms with Gasteiger partial charge in [-0.25, -0.2) is 14.0 Å². The standard InChI is InChI=1S/C49H47N8O13P/c58-43(23-24-50-37-21-22-42(57(64)65)45-44(37)55-70-56-45)51-38(29-33-15-18-34-13-7-8-14-35(34)25-33)46(59)52-39(26-30-9-3-1-4-10-30)47(60)53-40(27-31-11-5-2-6-12-31)48(61)54-41(49(62)63)28-32-16-19-36(20-17-32)69-71(66,67)68/h1-22,25,38-41,50H,23-24,26-29H2,(H,51,58)(H,52,59)(H,53,60)(H,54,61)(H,62,63)(H2,66,67,68). The molecule has 366 valence electrons. The fourth-order valence-electron chi connectivity index (χ4n) is 7.73. The van der Waals surface area contributed by atoms with Crippen molar-refractivity contribution < 1.29 is 57.5 Å². The molecule has 7 rings (SSSR count). The summed E-state index contributed by atoms with van der Waals surface area (Å²) in [7, 11) is -4.85. The second kappa shape index (κ2) is 23.2. The first-order valence-corrected chi connectivity index (χ1v) is 23.6. The van der Waals surface area contributed by atoms with E-state index in [4.69, 9.17) is 14.4 Å². The van der Waals surface area contributed by atoms with Gasteiger partial charge in [0.1, 0.15) is 29.9 Å². The average molecular weight is 987 g/mol. The Morgan fingerprint density at radius 2 is 1.10 bits per heavy atom. The Bertz CT molecular complexity index is 3080. The first kappa shape index (κ1) is 50.4. The zero-order valence-corrected chi connectivity index (χ0v) is 38.4. The van der Waals surface area contributed by atoms with E-state index in [1.54, 1.807) is 60.7 Å². The van der Waals surface area contributed by atoms with Crippen LogP contribution in [-0.2, 0) is 54.2 Å². The molecule has 0 fully saturated rings. The minimum atomic E-state index is -4.85. The highest BCUT2D eigenvalue weighted by Gasteiger charge is 2.32. The molecule has 4 unspecified atom stereocenters. The molecule has 0 saturated carbocycles. The Balaban J connectivity index is 1.11. The maximum atomic E-state index is 14.6. The number of phosphoric acid groups is 1. The van der Waals surface area contributed by atoms with Crippen molar-refractivity contribution in [3.8, 4) is 5.75 Å². The van der Waals surface area contributed by atoms with E-state index in [-0.39, 0.29) is 61.1 Å². The molecule has 1 aromatic heterocycles. The molecule has 0 saturated heterocycles. The molecule has 0 aliphatic rings. The van der Waals surface area contributed by atoms with Gasteiger partial charge in [0.2, 0.25) is 29.1 Å². The Morgan fingerprint density at radius 3 is 1.68 bits per heavy atom. The number of phosphoric ester groups is 1. The second-order valence-electron chi connectivity index (χ2n) is 16.4. The Morgan fingerprint density at radius 1 is 0.606 bits per heavy atom. The number of nitro groups is 1. The van der Waals surface area contributed by atoms with E-state index >= 15 is 0 Å². The Kier molecular flexibility index (Phi) is 16.4. The minimum Gasteiger partial charge on any atom is -0.480 e. The van der Waals surface area contributed by atoms with Gasteiger partial charge < -0.3 is 36.2 Å². The van der Waals surface area contributed by atoms with E-state index in [9.17, 15) is 43.8 Å². The highest BCUT2D eigenvalue weighted by atomic mass is 31.2. The topological polar surface area (TPSA) is 315 Å². The van der Waals surface area contributed by atoms with E-state index < -0.39 is 66.5 Å². The number of nitrogens with zero attached hydrogens (tertiary/aromatic N) is 3. The van der Waals surface area contributed by atoms with Crippen molar-refractivity contribution in [3.63, 3.8) is 0 Å². The summed E-state index contributed by atoms with van der Waals surface area (Å²) in [5.41, 5.74) is 2.34. The van der Waals surface area contributed by atoms with Gasteiger partial charge in [-0.2, -0.15) is 0 Å². The summed E-state index contributed by atoms with van der Waals surface area (Å²) < 4.78 is 20.6. The van der Waals surface area contributed by atoms with Crippen molar-refractivity contribution >= 4 is 70.6 Å². The first-order chi connectivity index (χ1) is 34.1. The van der Waals surface area contributed by atoms with Gasteiger partial charge in [0.15, 0.2) is 5.52 Å². The fourth-order valence-corrected chi connectivity index (χ4v) is 8.12. The minimum absolute atomic E-state index is 0.00185. The van der Waals surface area contributed by atoms with Crippen molar-refractivity contribution in [2.75, 3.05) is 11.9 Å². The molecule has 71 heavy (non-hydrogen) atoms. The monoisotopic (exact) mass is 986 g/mol. The number of carbonyl (C=O) groups excluding carboxylic acids is 4. The van der Waals surface area contributed by atoms with Crippen LogP contribution in [0.2, 0.25) is 0 Å². The van der Waals surface area contributed by atoms with Gasteiger partial charge in [-0.1, -0.05) is 115 Å². The third-order valence-corrected chi connectivity index (χ3v) is 11.6. The van der Waals surface area contributed by atoms with Gasteiger partial charge in [-0.3, -0.25) is 39.1 Å². The van der Waals surface area contributed by atoms with Crippen LogP contribution in [0.5, 0.6) is 5.75 Å². The first-order valence-electron chi connectivity index (χ1n) is 22.0. The van der Waals surface area contributed by atoms with Crippen LogP contribution in [0.25, 0.3) is 21.8 Å². The molecule has 6 aromatic carbocycles. The quantitative estimate of drug-likeness (QED) is 0.0248.